The van der Waals surface area contributed by atoms with Crippen molar-refractivity contribution >= 4 is 43.1 Å². The highest BCUT2D eigenvalue weighted by Gasteiger charge is 2.01. The maximum atomic E-state index is 2.24. The third-order valence-corrected chi connectivity index (χ3v) is 5.88. The lowest BCUT2D eigenvalue weighted by molar-refractivity contribution is 1.51. The fraction of sp³-hybridized carbons (Fsp3) is 0.0667. The van der Waals surface area contributed by atoms with Gasteiger partial charge in [-0.3, -0.25) is 0 Å². The van der Waals surface area contributed by atoms with E-state index in [-0.39, 0.29) is 0 Å². The molecule has 30 heavy (non-hydrogen) atoms. The van der Waals surface area contributed by atoms with Gasteiger partial charge in [0.2, 0.25) is 0 Å². The standard InChI is InChI=1S/2C15H12/c1-11-5-4-7-13-10-9-12-6-2-3-8-14(12)15(11)13;1-11-6-9-15-13(10-11)8-7-12-4-2-3-5-14(12)15/h2*2-10H,1H3. The van der Waals surface area contributed by atoms with Crippen molar-refractivity contribution in [1.29, 1.82) is 0 Å². The zero-order valence-corrected chi connectivity index (χ0v) is 17.4. The summed E-state index contributed by atoms with van der Waals surface area (Å²) >= 11 is 0. The second-order valence-electron chi connectivity index (χ2n) is 7.97. The molecular weight excluding hydrogens is 360 g/mol. The van der Waals surface area contributed by atoms with E-state index in [1.807, 2.05) is 0 Å². The molecule has 0 radical (unpaired) electrons. The van der Waals surface area contributed by atoms with E-state index in [4.69, 9.17) is 0 Å². The van der Waals surface area contributed by atoms with E-state index >= 15 is 0 Å². The first-order valence-electron chi connectivity index (χ1n) is 10.5. The average molecular weight is 385 g/mol. The van der Waals surface area contributed by atoms with Crippen molar-refractivity contribution in [2.75, 3.05) is 0 Å². The molecule has 0 saturated heterocycles. The van der Waals surface area contributed by atoms with Gasteiger partial charge in [-0.05, 0) is 62.5 Å². The fourth-order valence-corrected chi connectivity index (χ4v) is 4.38. The summed E-state index contributed by atoms with van der Waals surface area (Å²) in [6.07, 6.45) is 0. The predicted octanol–water partition coefficient (Wildman–Crippen LogP) is 8.60. The van der Waals surface area contributed by atoms with Gasteiger partial charge in [0.15, 0.2) is 0 Å². The molecule has 6 rings (SSSR count). The maximum absolute atomic E-state index is 2.24. The quantitative estimate of drug-likeness (QED) is 0.230. The average Bonchev–Trinajstić information content (AvgIpc) is 2.79. The first kappa shape index (κ1) is 18.4. The minimum absolute atomic E-state index is 1.31. The van der Waals surface area contributed by atoms with Gasteiger partial charge >= 0.3 is 0 Å². The van der Waals surface area contributed by atoms with Crippen molar-refractivity contribution in [3.05, 3.63) is 120 Å². The van der Waals surface area contributed by atoms with Crippen LogP contribution in [0, 0.1) is 13.8 Å². The van der Waals surface area contributed by atoms with Crippen LogP contribution in [0.2, 0.25) is 0 Å². The number of hydrogen-bond donors (Lipinski definition) is 0. The maximum Gasteiger partial charge on any atom is -0.00761 e. The molecule has 0 N–H and O–H groups in total. The first-order valence-corrected chi connectivity index (χ1v) is 10.5. The van der Waals surface area contributed by atoms with Crippen LogP contribution >= 0.6 is 0 Å². The van der Waals surface area contributed by atoms with Gasteiger partial charge in [0.05, 0.1) is 0 Å². The molecule has 6 aromatic rings. The second kappa shape index (κ2) is 7.65. The smallest absolute Gasteiger partial charge is 0.00761 e. The minimum atomic E-state index is 1.31. The Morgan fingerprint density at radius 1 is 0.400 bits per heavy atom. The number of hydrogen-bond acceptors (Lipinski definition) is 0. The van der Waals surface area contributed by atoms with Gasteiger partial charge in [0.25, 0.3) is 0 Å². The summed E-state index contributed by atoms with van der Waals surface area (Å²) in [6.45, 7) is 4.31. The van der Waals surface area contributed by atoms with Gasteiger partial charge in [-0.15, -0.1) is 0 Å². The normalized spacial score (nSPS) is 11.0. The molecule has 0 atom stereocenters. The van der Waals surface area contributed by atoms with E-state index in [0.29, 0.717) is 0 Å². The van der Waals surface area contributed by atoms with Crippen molar-refractivity contribution in [3.63, 3.8) is 0 Å². The SMILES string of the molecule is Cc1ccc2c(ccc3ccccc32)c1.Cc1cccc2ccc3ccccc3c12. The van der Waals surface area contributed by atoms with E-state index in [0.717, 1.165) is 0 Å². The molecule has 0 aliphatic carbocycles. The van der Waals surface area contributed by atoms with Crippen LogP contribution in [0.5, 0.6) is 0 Å². The Morgan fingerprint density at radius 2 is 0.967 bits per heavy atom. The lowest BCUT2D eigenvalue weighted by Crippen LogP contribution is -1.80. The molecule has 0 saturated carbocycles. The van der Waals surface area contributed by atoms with Gasteiger partial charge in [0, 0.05) is 0 Å². The van der Waals surface area contributed by atoms with Gasteiger partial charge in [-0.25, -0.2) is 0 Å². The largest absolute Gasteiger partial charge is 0.0616 e. The fourth-order valence-electron chi connectivity index (χ4n) is 4.38. The minimum Gasteiger partial charge on any atom is -0.0616 e. The lowest BCUT2D eigenvalue weighted by atomic mass is 9.99. The summed E-state index contributed by atoms with van der Waals surface area (Å²) in [5, 5.41) is 10.7. The van der Waals surface area contributed by atoms with E-state index in [1.165, 1.54) is 54.2 Å². The zero-order chi connectivity index (χ0) is 20.5. The Labute approximate surface area is 177 Å². The topological polar surface area (TPSA) is 0 Å². The Bertz CT molecular complexity index is 1500. The number of benzene rings is 6. The third kappa shape index (κ3) is 3.31. The number of fused-ring (bicyclic) bond motifs is 6. The van der Waals surface area contributed by atoms with E-state index in [2.05, 4.69) is 123 Å². The summed E-state index contributed by atoms with van der Waals surface area (Å²) in [7, 11) is 0. The van der Waals surface area contributed by atoms with Crippen LogP contribution in [0.1, 0.15) is 11.1 Å². The van der Waals surface area contributed by atoms with Crippen LogP contribution in [0.4, 0.5) is 0 Å². The predicted molar refractivity (Wildman–Crippen MR) is 132 cm³/mol. The van der Waals surface area contributed by atoms with Crippen molar-refractivity contribution in [3.8, 4) is 0 Å². The molecule has 144 valence electrons. The highest BCUT2D eigenvalue weighted by Crippen LogP contribution is 2.28. The Morgan fingerprint density at radius 3 is 1.77 bits per heavy atom. The van der Waals surface area contributed by atoms with Crippen molar-refractivity contribution in [2.45, 2.75) is 13.8 Å². The molecule has 0 aromatic heterocycles. The third-order valence-electron chi connectivity index (χ3n) is 5.88. The Hall–Kier alpha value is -3.64. The van der Waals surface area contributed by atoms with Crippen molar-refractivity contribution < 1.29 is 0 Å². The van der Waals surface area contributed by atoms with Crippen LogP contribution in [0.15, 0.2) is 109 Å². The van der Waals surface area contributed by atoms with Crippen LogP contribution in [0.3, 0.4) is 0 Å². The van der Waals surface area contributed by atoms with E-state index in [9.17, 15) is 0 Å². The first-order chi connectivity index (χ1) is 14.7. The molecule has 0 unspecified atom stereocenters. The van der Waals surface area contributed by atoms with Crippen molar-refractivity contribution in [1.82, 2.24) is 0 Å². The Kier molecular flexibility index (Phi) is 4.69. The molecule has 0 aliphatic heterocycles. The molecule has 0 heteroatoms. The molecule has 0 fully saturated rings. The summed E-state index contributed by atoms with van der Waals surface area (Å²) in [5.74, 6) is 0. The summed E-state index contributed by atoms with van der Waals surface area (Å²) in [6, 6.07) is 39.0. The molecular formula is C30H24. The summed E-state index contributed by atoms with van der Waals surface area (Å²) < 4.78 is 0. The monoisotopic (exact) mass is 384 g/mol. The van der Waals surface area contributed by atoms with Crippen molar-refractivity contribution in [2.24, 2.45) is 0 Å². The molecule has 0 aliphatic rings. The summed E-state index contributed by atoms with van der Waals surface area (Å²) in [5.41, 5.74) is 2.67. The van der Waals surface area contributed by atoms with Crippen LogP contribution < -0.4 is 0 Å². The van der Waals surface area contributed by atoms with Crippen LogP contribution in [0.25, 0.3) is 43.1 Å². The summed E-state index contributed by atoms with van der Waals surface area (Å²) in [4.78, 5) is 0. The molecule has 0 bridgehead atoms. The number of aryl methyl sites for hydroxylation is 2. The van der Waals surface area contributed by atoms with Crippen LogP contribution in [-0.4, -0.2) is 0 Å². The molecule has 6 aromatic carbocycles. The van der Waals surface area contributed by atoms with Gasteiger partial charge < -0.3 is 0 Å². The van der Waals surface area contributed by atoms with E-state index < -0.39 is 0 Å². The molecule has 0 spiro atoms. The Balaban J connectivity index is 0.000000128. The van der Waals surface area contributed by atoms with Gasteiger partial charge in [0.1, 0.15) is 0 Å². The van der Waals surface area contributed by atoms with E-state index in [1.54, 1.807) is 0 Å². The lowest BCUT2D eigenvalue weighted by Gasteiger charge is -2.06. The number of rotatable bonds is 0. The second-order valence-corrected chi connectivity index (χ2v) is 7.97. The highest BCUT2D eigenvalue weighted by molar-refractivity contribution is 6.09. The van der Waals surface area contributed by atoms with Gasteiger partial charge in [-0.1, -0.05) is 115 Å². The molecule has 0 heterocycles. The zero-order valence-electron chi connectivity index (χ0n) is 17.4. The highest BCUT2D eigenvalue weighted by atomic mass is 14.1. The van der Waals surface area contributed by atoms with Crippen LogP contribution in [-0.2, 0) is 0 Å². The van der Waals surface area contributed by atoms with Gasteiger partial charge in [-0.2, -0.15) is 0 Å². The molecule has 0 nitrogen and oxygen atoms in total. The molecule has 0 amide bonds.